The summed E-state index contributed by atoms with van der Waals surface area (Å²) in [6, 6.07) is 16.3. The minimum Gasteiger partial charge on any atom is -0.311 e. The van der Waals surface area contributed by atoms with Crippen LogP contribution in [0.5, 0.6) is 0 Å². The SMILES string of the molecule is CC(C)(C)C(=O)N1CC(c2cccc3c2ccn3C(=O)C(C)(C)C)c2ccccc21. The zero-order valence-electron chi connectivity index (χ0n) is 18.7. The van der Waals surface area contributed by atoms with Crippen molar-refractivity contribution in [3.05, 3.63) is 65.9 Å². The Labute approximate surface area is 178 Å². The van der Waals surface area contributed by atoms with E-state index in [0.29, 0.717) is 6.54 Å². The van der Waals surface area contributed by atoms with Gasteiger partial charge in [0.2, 0.25) is 11.8 Å². The smallest absolute Gasteiger partial charge is 0.236 e. The first-order valence-electron chi connectivity index (χ1n) is 10.6. The van der Waals surface area contributed by atoms with Crippen LogP contribution in [0.4, 0.5) is 5.69 Å². The second-order valence-electron chi connectivity index (χ2n) is 10.3. The maximum Gasteiger partial charge on any atom is 0.236 e. The number of fused-ring (bicyclic) bond motifs is 2. The van der Waals surface area contributed by atoms with Gasteiger partial charge in [-0.25, -0.2) is 0 Å². The summed E-state index contributed by atoms with van der Waals surface area (Å²) >= 11 is 0. The molecule has 4 rings (SSSR count). The molecule has 4 nitrogen and oxygen atoms in total. The van der Waals surface area contributed by atoms with Crippen LogP contribution < -0.4 is 4.90 Å². The number of rotatable bonds is 1. The van der Waals surface area contributed by atoms with Crippen molar-refractivity contribution < 1.29 is 9.59 Å². The highest BCUT2D eigenvalue weighted by Gasteiger charge is 2.38. The lowest BCUT2D eigenvalue weighted by molar-refractivity contribution is -0.125. The Morgan fingerprint density at radius 1 is 0.800 bits per heavy atom. The van der Waals surface area contributed by atoms with Crippen LogP contribution >= 0.6 is 0 Å². The summed E-state index contributed by atoms with van der Waals surface area (Å²) in [6.45, 7) is 12.3. The Morgan fingerprint density at radius 2 is 1.43 bits per heavy atom. The summed E-state index contributed by atoms with van der Waals surface area (Å²) in [4.78, 5) is 28.0. The molecule has 0 saturated carbocycles. The molecule has 1 unspecified atom stereocenters. The number of carbonyl (C=O) groups excluding carboxylic acids is 2. The van der Waals surface area contributed by atoms with E-state index < -0.39 is 10.8 Å². The summed E-state index contributed by atoms with van der Waals surface area (Å²) in [6.07, 6.45) is 1.88. The third kappa shape index (κ3) is 3.24. The number of para-hydroxylation sites is 1. The highest BCUT2D eigenvalue weighted by atomic mass is 16.2. The van der Waals surface area contributed by atoms with Gasteiger partial charge in [0, 0.05) is 40.6 Å². The fourth-order valence-corrected chi connectivity index (χ4v) is 4.30. The molecule has 1 aromatic heterocycles. The quantitative estimate of drug-likeness (QED) is 0.512. The molecule has 0 N–H and O–H groups in total. The highest BCUT2D eigenvalue weighted by molar-refractivity contribution is 6.00. The molecular weight excluding hydrogens is 372 g/mol. The first-order valence-corrected chi connectivity index (χ1v) is 10.6. The Bertz CT molecular complexity index is 1140. The fraction of sp³-hybridized carbons (Fsp3) is 0.385. The molecule has 3 aromatic rings. The summed E-state index contributed by atoms with van der Waals surface area (Å²) < 4.78 is 1.76. The summed E-state index contributed by atoms with van der Waals surface area (Å²) in [5, 5.41) is 1.07. The van der Waals surface area contributed by atoms with Crippen molar-refractivity contribution in [3.8, 4) is 0 Å². The lowest BCUT2D eigenvalue weighted by atomic mass is 9.90. The van der Waals surface area contributed by atoms with Crippen LogP contribution in [0.25, 0.3) is 10.9 Å². The Kier molecular flexibility index (Phi) is 4.64. The van der Waals surface area contributed by atoms with Crippen LogP contribution in [0.2, 0.25) is 0 Å². The van der Waals surface area contributed by atoms with Crippen LogP contribution in [0.15, 0.2) is 54.7 Å². The molecule has 156 valence electrons. The molecule has 0 radical (unpaired) electrons. The average Bonchev–Trinajstić information content (AvgIpc) is 3.27. The van der Waals surface area contributed by atoms with E-state index in [0.717, 1.165) is 27.7 Å². The van der Waals surface area contributed by atoms with Crippen LogP contribution in [0.3, 0.4) is 0 Å². The molecule has 0 aliphatic carbocycles. The van der Waals surface area contributed by atoms with Crippen molar-refractivity contribution in [2.45, 2.75) is 47.5 Å². The monoisotopic (exact) mass is 402 g/mol. The van der Waals surface area contributed by atoms with Crippen LogP contribution in [-0.4, -0.2) is 22.9 Å². The Balaban J connectivity index is 1.83. The van der Waals surface area contributed by atoms with Gasteiger partial charge in [-0.05, 0) is 29.3 Å². The van der Waals surface area contributed by atoms with Gasteiger partial charge in [-0.2, -0.15) is 0 Å². The molecule has 1 amide bonds. The van der Waals surface area contributed by atoms with E-state index in [2.05, 4.69) is 12.1 Å². The molecular formula is C26H30N2O2. The van der Waals surface area contributed by atoms with Gasteiger partial charge in [0.1, 0.15) is 0 Å². The standard InChI is InChI=1S/C26H30N2O2/c1-25(2,3)23(29)27-15-14-19-17(11-9-13-21(19)27)20-16-28(24(30)26(4,5)6)22-12-8-7-10-18(20)22/h7-15,20H,16H2,1-6H3. The zero-order valence-corrected chi connectivity index (χ0v) is 18.7. The van der Waals surface area contributed by atoms with Crippen molar-refractivity contribution in [2.24, 2.45) is 10.8 Å². The van der Waals surface area contributed by atoms with Gasteiger partial charge in [-0.1, -0.05) is 71.9 Å². The third-order valence-corrected chi connectivity index (χ3v) is 5.86. The normalized spacial score (nSPS) is 16.7. The van der Waals surface area contributed by atoms with Gasteiger partial charge in [-0.3, -0.25) is 14.2 Å². The highest BCUT2D eigenvalue weighted by Crippen LogP contribution is 2.43. The van der Waals surface area contributed by atoms with Crippen LogP contribution in [0.1, 0.15) is 63.4 Å². The number of nitrogens with zero attached hydrogens (tertiary/aromatic N) is 2. The molecule has 0 bridgehead atoms. The lowest BCUT2D eigenvalue weighted by Crippen LogP contribution is -2.38. The number of benzene rings is 2. The molecule has 2 heterocycles. The topological polar surface area (TPSA) is 42.3 Å². The number of hydrogen-bond acceptors (Lipinski definition) is 2. The Hall–Kier alpha value is -2.88. The van der Waals surface area contributed by atoms with E-state index in [4.69, 9.17) is 0 Å². The average molecular weight is 403 g/mol. The molecule has 1 atom stereocenters. The minimum absolute atomic E-state index is 0.0750. The van der Waals surface area contributed by atoms with Gasteiger partial charge < -0.3 is 4.90 Å². The van der Waals surface area contributed by atoms with Crippen LogP contribution in [-0.2, 0) is 4.79 Å². The van der Waals surface area contributed by atoms with Crippen molar-refractivity contribution in [2.75, 3.05) is 11.4 Å². The van der Waals surface area contributed by atoms with Crippen molar-refractivity contribution in [1.82, 2.24) is 4.57 Å². The maximum absolute atomic E-state index is 13.2. The number of aromatic nitrogens is 1. The predicted molar refractivity (Wildman–Crippen MR) is 122 cm³/mol. The van der Waals surface area contributed by atoms with E-state index in [-0.39, 0.29) is 17.7 Å². The van der Waals surface area contributed by atoms with Crippen molar-refractivity contribution in [1.29, 1.82) is 0 Å². The van der Waals surface area contributed by atoms with E-state index in [1.807, 2.05) is 89.0 Å². The maximum atomic E-state index is 13.2. The van der Waals surface area contributed by atoms with Crippen LogP contribution in [0, 0.1) is 10.8 Å². The van der Waals surface area contributed by atoms with E-state index >= 15 is 0 Å². The summed E-state index contributed by atoms with van der Waals surface area (Å²) in [7, 11) is 0. The van der Waals surface area contributed by atoms with E-state index in [1.165, 1.54) is 0 Å². The molecule has 1 aliphatic heterocycles. The predicted octanol–water partition coefficient (Wildman–Crippen LogP) is 5.85. The summed E-state index contributed by atoms with van der Waals surface area (Å²) in [5.41, 5.74) is 3.33. The zero-order chi connectivity index (χ0) is 21.8. The van der Waals surface area contributed by atoms with E-state index in [9.17, 15) is 9.59 Å². The first kappa shape index (κ1) is 20.4. The lowest BCUT2D eigenvalue weighted by Gasteiger charge is -2.26. The van der Waals surface area contributed by atoms with Gasteiger partial charge in [0.15, 0.2) is 0 Å². The number of amides is 1. The number of carbonyl (C=O) groups is 2. The van der Waals surface area contributed by atoms with E-state index in [1.54, 1.807) is 4.57 Å². The minimum atomic E-state index is -0.460. The molecule has 0 spiro atoms. The fourth-order valence-electron chi connectivity index (χ4n) is 4.30. The number of anilines is 1. The molecule has 2 aromatic carbocycles. The third-order valence-electron chi connectivity index (χ3n) is 5.86. The first-order chi connectivity index (χ1) is 14.0. The molecule has 0 saturated heterocycles. The molecule has 0 fully saturated rings. The van der Waals surface area contributed by atoms with Crippen molar-refractivity contribution in [3.63, 3.8) is 0 Å². The summed E-state index contributed by atoms with van der Waals surface area (Å²) in [5.74, 6) is 0.285. The largest absolute Gasteiger partial charge is 0.311 e. The van der Waals surface area contributed by atoms with Gasteiger partial charge in [0.25, 0.3) is 0 Å². The van der Waals surface area contributed by atoms with Gasteiger partial charge >= 0.3 is 0 Å². The number of hydrogen-bond donors (Lipinski definition) is 0. The Morgan fingerprint density at radius 3 is 2.10 bits per heavy atom. The van der Waals surface area contributed by atoms with Gasteiger partial charge in [-0.15, -0.1) is 0 Å². The second kappa shape index (κ2) is 6.83. The van der Waals surface area contributed by atoms with Crippen molar-refractivity contribution >= 4 is 28.4 Å². The van der Waals surface area contributed by atoms with Gasteiger partial charge in [0.05, 0.1) is 5.52 Å². The molecule has 30 heavy (non-hydrogen) atoms. The molecule has 1 aliphatic rings. The second-order valence-corrected chi connectivity index (χ2v) is 10.3. The molecule has 4 heteroatoms.